The zero-order valence-corrected chi connectivity index (χ0v) is 6.31. The molecular formula is C8H15O. The van der Waals surface area contributed by atoms with E-state index in [1.54, 1.807) is 5.92 Å². The van der Waals surface area contributed by atoms with Gasteiger partial charge in [-0.1, -0.05) is 6.92 Å². The minimum absolute atomic E-state index is 0.550. The van der Waals surface area contributed by atoms with Gasteiger partial charge in [0.1, 0.15) is 0 Å². The minimum Gasteiger partial charge on any atom is -0.381 e. The van der Waals surface area contributed by atoms with E-state index >= 15 is 0 Å². The summed E-state index contributed by atoms with van der Waals surface area (Å²) in [6.07, 6.45) is 5.58. The molecule has 0 N–H and O–H groups in total. The van der Waals surface area contributed by atoms with Crippen molar-refractivity contribution in [2.45, 2.75) is 38.7 Å². The second-order valence-corrected chi connectivity index (χ2v) is 2.89. The Balaban J connectivity index is 2.18. The molecule has 1 heteroatoms. The largest absolute Gasteiger partial charge is 0.381 e. The Bertz CT molecular complexity index is 72.6. The minimum atomic E-state index is 0.550. The Kier molecular flexibility index (Phi) is 2.52. The smallest absolute Gasteiger partial charge is 0.0571 e. The molecule has 0 aliphatic heterocycles. The van der Waals surface area contributed by atoms with Gasteiger partial charge in [0.25, 0.3) is 0 Å². The van der Waals surface area contributed by atoms with Crippen LogP contribution in [0.25, 0.3) is 0 Å². The molecule has 9 heavy (non-hydrogen) atoms. The van der Waals surface area contributed by atoms with E-state index in [-0.39, 0.29) is 0 Å². The number of rotatable bonds is 1. The lowest BCUT2D eigenvalue weighted by Crippen LogP contribution is -2.17. The molecule has 0 atom stereocenters. The maximum absolute atomic E-state index is 5.23. The number of ether oxygens (including phenoxy) is 1. The van der Waals surface area contributed by atoms with E-state index in [1.807, 2.05) is 7.11 Å². The molecule has 0 aromatic rings. The highest BCUT2D eigenvalue weighted by Crippen LogP contribution is 2.26. The summed E-state index contributed by atoms with van der Waals surface area (Å²) in [6, 6.07) is 0. The predicted octanol–water partition coefficient (Wildman–Crippen LogP) is 2.17. The summed E-state index contributed by atoms with van der Waals surface area (Å²) in [7, 11) is 1.81. The molecule has 1 rings (SSSR count). The second kappa shape index (κ2) is 3.21. The van der Waals surface area contributed by atoms with Gasteiger partial charge in [-0.3, -0.25) is 0 Å². The van der Waals surface area contributed by atoms with Crippen molar-refractivity contribution >= 4 is 0 Å². The van der Waals surface area contributed by atoms with Crippen LogP contribution < -0.4 is 0 Å². The lowest BCUT2D eigenvalue weighted by molar-refractivity contribution is 0.0755. The van der Waals surface area contributed by atoms with E-state index < -0.39 is 0 Å². The lowest BCUT2D eigenvalue weighted by Gasteiger charge is -2.24. The Morgan fingerprint density at radius 3 is 2.33 bits per heavy atom. The van der Waals surface area contributed by atoms with Crippen LogP contribution in [0.3, 0.4) is 0 Å². The Labute approximate surface area is 57.4 Å². The van der Waals surface area contributed by atoms with E-state index in [2.05, 4.69) is 6.92 Å². The van der Waals surface area contributed by atoms with Crippen LogP contribution in [0, 0.1) is 5.92 Å². The van der Waals surface area contributed by atoms with Gasteiger partial charge >= 0.3 is 0 Å². The molecule has 1 aliphatic carbocycles. The highest BCUT2D eigenvalue weighted by molar-refractivity contribution is 4.90. The molecule has 0 unspecified atom stereocenters. The first-order valence-corrected chi connectivity index (χ1v) is 3.67. The van der Waals surface area contributed by atoms with Crippen LogP contribution in [-0.2, 0) is 4.74 Å². The van der Waals surface area contributed by atoms with E-state index in [0.29, 0.717) is 6.10 Å². The molecule has 0 saturated heterocycles. The summed E-state index contributed by atoms with van der Waals surface area (Å²) in [6.45, 7) is 2.24. The average molecular weight is 127 g/mol. The van der Waals surface area contributed by atoms with Gasteiger partial charge in [0.2, 0.25) is 0 Å². The van der Waals surface area contributed by atoms with Gasteiger partial charge in [-0.25, -0.2) is 0 Å². The van der Waals surface area contributed by atoms with Crippen molar-refractivity contribution in [2.24, 2.45) is 0 Å². The lowest BCUT2D eigenvalue weighted by atomic mass is 9.89. The zero-order chi connectivity index (χ0) is 6.69. The van der Waals surface area contributed by atoms with Gasteiger partial charge in [0.05, 0.1) is 6.10 Å². The van der Waals surface area contributed by atoms with Gasteiger partial charge in [0, 0.05) is 7.11 Å². The maximum atomic E-state index is 5.23. The third-order valence-corrected chi connectivity index (χ3v) is 2.12. The molecular weight excluding hydrogens is 112 g/mol. The molecule has 0 aromatic carbocycles. The fourth-order valence-corrected chi connectivity index (χ4v) is 1.32. The zero-order valence-electron chi connectivity index (χ0n) is 6.31. The van der Waals surface area contributed by atoms with Gasteiger partial charge in [-0.15, -0.1) is 0 Å². The molecule has 0 bridgehead atoms. The molecule has 0 aromatic heterocycles. The first-order chi connectivity index (χ1) is 4.33. The summed E-state index contributed by atoms with van der Waals surface area (Å²) in [5, 5.41) is 0. The van der Waals surface area contributed by atoms with Crippen LogP contribution in [-0.4, -0.2) is 13.2 Å². The molecule has 1 saturated carbocycles. The predicted molar refractivity (Wildman–Crippen MR) is 38.2 cm³/mol. The number of hydrogen-bond donors (Lipinski definition) is 0. The average Bonchev–Trinajstić information content (AvgIpc) is 1.90. The normalized spacial score (nSPS) is 24.7. The SMILES string of the molecule is COC1CC[C](C)CC1. The molecule has 1 nitrogen and oxygen atoms in total. The van der Waals surface area contributed by atoms with Crippen molar-refractivity contribution < 1.29 is 4.74 Å². The third-order valence-electron chi connectivity index (χ3n) is 2.12. The van der Waals surface area contributed by atoms with Gasteiger partial charge < -0.3 is 4.74 Å². The van der Waals surface area contributed by atoms with E-state index in [4.69, 9.17) is 4.74 Å². The molecule has 1 aliphatic rings. The Morgan fingerprint density at radius 2 is 1.89 bits per heavy atom. The molecule has 0 amide bonds. The number of hydrogen-bond acceptors (Lipinski definition) is 1. The highest BCUT2D eigenvalue weighted by Gasteiger charge is 2.16. The van der Waals surface area contributed by atoms with Crippen molar-refractivity contribution in [3.63, 3.8) is 0 Å². The standard InChI is InChI=1S/C8H15O/c1-7-3-5-8(9-2)6-4-7/h8H,3-6H2,1-2H3. The Hall–Kier alpha value is -0.0400. The summed E-state index contributed by atoms with van der Waals surface area (Å²) in [5.74, 6) is 1.64. The number of methoxy groups -OCH3 is 1. The van der Waals surface area contributed by atoms with Crippen LogP contribution in [0.2, 0.25) is 0 Å². The maximum Gasteiger partial charge on any atom is 0.0571 e. The Morgan fingerprint density at radius 1 is 1.33 bits per heavy atom. The first-order valence-electron chi connectivity index (χ1n) is 3.67. The van der Waals surface area contributed by atoms with Gasteiger partial charge in [0.15, 0.2) is 0 Å². The summed E-state index contributed by atoms with van der Waals surface area (Å²) < 4.78 is 5.23. The quantitative estimate of drug-likeness (QED) is 0.524. The van der Waals surface area contributed by atoms with Crippen LogP contribution in [0.15, 0.2) is 0 Å². The highest BCUT2D eigenvalue weighted by atomic mass is 16.5. The van der Waals surface area contributed by atoms with Crippen LogP contribution >= 0.6 is 0 Å². The molecule has 1 fully saturated rings. The van der Waals surface area contributed by atoms with Crippen LogP contribution in [0.4, 0.5) is 0 Å². The van der Waals surface area contributed by atoms with Crippen molar-refractivity contribution in [1.29, 1.82) is 0 Å². The van der Waals surface area contributed by atoms with E-state index in [1.165, 1.54) is 25.7 Å². The van der Waals surface area contributed by atoms with E-state index in [9.17, 15) is 0 Å². The van der Waals surface area contributed by atoms with Crippen molar-refractivity contribution in [3.05, 3.63) is 5.92 Å². The fraction of sp³-hybridized carbons (Fsp3) is 0.875. The topological polar surface area (TPSA) is 9.23 Å². The first kappa shape index (κ1) is 7.07. The van der Waals surface area contributed by atoms with Gasteiger partial charge in [-0.05, 0) is 31.6 Å². The molecule has 0 spiro atoms. The monoisotopic (exact) mass is 127 g/mol. The van der Waals surface area contributed by atoms with E-state index in [0.717, 1.165) is 0 Å². The molecule has 53 valence electrons. The molecule has 0 heterocycles. The van der Waals surface area contributed by atoms with Crippen molar-refractivity contribution in [1.82, 2.24) is 0 Å². The van der Waals surface area contributed by atoms with Crippen molar-refractivity contribution in [3.8, 4) is 0 Å². The summed E-state index contributed by atoms with van der Waals surface area (Å²) >= 11 is 0. The fourth-order valence-electron chi connectivity index (χ4n) is 1.32. The third kappa shape index (κ3) is 1.98. The van der Waals surface area contributed by atoms with Gasteiger partial charge in [-0.2, -0.15) is 0 Å². The summed E-state index contributed by atoms with van der Waals surface area (Å²) in [5.41, 5.74) is 0. The molecule has 1 radical (unpaired) electrons. The van der Waals surface area contributed by atoms with Crippen LogP contribution in [0.5, 0.6) is 0 Å². The van der Waals surface area contributed by atoms with Crippen LogP contribution in [0.1, 0.15) is 32.6 Å². The van der Waals surface area contributed by atoms with Crippen molar-refractivity contribution in [2.75, 3.05) is 7.11 Å². The summed E-state index contributed by atoms with van der Waals surface area (Å²) in [4.78, 5) is 0. The second-order valence-electron chi connectivity index (χ2n) is 2.89.